The zero-order valence-electron chi connectivity index (χ0n) is 6.50. The van der Waals surface area contributed by atoms with Gasteiger partial charge in [0.25, 0.3) is 0 Å². The largest absolute Gasteiger partial charge is 0.461 e. The van der Waals surface area contributed by atoms with Gasteiger partial charge in [-0.25, -0.2) is 0 Å². The molecule has 0 atom stereocenters. The van der Waals surface area contributed by atoms with Crippen molar-refractivity contribution >= 4 is 0 Å². The maximum absolute atomic E-state index is 5.52. The number of ether oxygens (including phenoxy) is 1. The number of para-hydroxylation sites is 1. The van der Waals surface area contributed by atoms with Crippen LogP contribution in [0.5, 0.6) is 5.75 Å². The minimum Gasteiger partial charge on any atom is -0.461 e. The average molecular weight is 146 g/mol. The van der Waals surface area contributed by atoms with Gasteiger partial charge in [-0.1, -0.05) is 18.2 Å². The topological polar surface area (TPSA) is 9.23 Å². The summed E-state index contributed by atoms with van der Waals surface area (Å²) in [7, 11) is 0. The zero-order chi connectivity index (χ0) is 7.68. The molecule has 0 N–H and O–H groups in total. The molecule has 1 heteroatoms. The number of rotatable bonds is 0. The lowest BCUT2D eigenvalue weighted by Gasteiger charge is -1.95. The molecule has 0 saturated carbocycles. The molecule has 0 unspecified atom stereocenters. The molecule has 1 nitrogen and oxygen atoms in total. The van der Waals surface area contributed by atoms with Crippen LogP contribution in [0.15, 0.2) is 36.1 Å². The first-order valence-electron chi connectivity index (χ1n) is 3.81. The molecule has 1 heterocycles. The highest BCUT2D eigenvalue weighted by atomic mass is 16.5. The van der Waals surface area contributed by atoms with Crippen LogP contribution in [0.4, 0.5) is 0 Å². The molecule has 0 fully saturated rings. The number of hydrogen-bond acceptors (Lipinski definition) is 1. The van der Waals surface area contributed by atoms with E-state index in [-0.39, 0.29) is 0 Å². The van der Waals surface area contributed by atoms with Crippen LogP contribution in [0.2, 0.25) is 0 Å². The highest BCUT2D eigenvalue weighted by Crippen LogP contribution is 2.29. The van der Waals surface area contributed by atoms with Crippen LogP contribution in [0, 0.1) is 0 Å². The van der Waals surface area contributed by atoms with Gasteiger partial charge in [0.15, 0.2) is 0 Å². The summed E-state index contributed by atoms with van der Waals surface area (Å²) in [4.78, 5) is 0. The second-order valence-corrected chi connectivity index (χ2v) is 2.64. The van der Waals surface area contributed by atoms with Gasteiger partial charge >= 0.3 is 0 Å². The Kier molecular flexibility index (Phi) is 1.42. The van der Waals surface area contributed by atoms with Gasteiger partial charge in [0.1, 0.15) is 11.5 Å². The van der Waals surface area contributed by atoms with Crippen molar-refractivity contribution in [1.29, 1.82) is 0 Å². The summed E-state index contributed by atoms with van der Waals surface area (Å²) in [5.41, 5.74) is 1.29. The quantitative estimate of drug-likeness (QED) is 0.546. The summed E-state index contributed by atoms with van der Waals surface area (Å²) in [5.74, 6) is 2.08. The Morgan fingerprint density at radius 3 is 2.91 bits per heavy atom. The highest BCUT2D eigenvalue weighted by Gasteiger charge is 2.14. The van der Waals surface area contributed by atoms with Crippen molar-refractivity contribution in [3.8, 4) is 5.75 Å². The second kappa shape index (κ2) is 2.42. The standard InChI is InChI=1S/C10H10O/c1-2-9-7-8-5-3-4-6-10(8)11-9/h2-6H,7H2,1H3. The van der Waals surface area contributed by atoms with Gasteiger partial charge in [-0.2, -0.15) is 0 Å². The van der Waals surface area contributed by atoms with Crippen molar-refractivity contribution in [3.05, 3.63) is 41.7 Å². The van der Waals surface area contributed by atoms with Gasteiger partial charge in [-0.3, -0.25) is 0 Å². The minimum absolute atomic E-state index is 0.951. The van der Waals surface area contributed by atoms with E-state index in [9.17, 15) is 0 Å². The summed E-state index contributed by atoms with van der Waals surface area (Å²) in [5, 5.41) is 0. The third-order valence-electron chi connectivity index (χ3n) is 1.90. The summed E-state index contributed by atoms with van der Waals surface area (Å²) in [6.45, 7) is 2.00. The first kappa shape index (κ1) is 6.47. The van der Waals surface area contributed by atoms with Gasteiger partial charge in [-0.05, 0) is 19.1 Å². The molecule has 0 aromatic heterocycles. The molecule has 0 aliphatic carbocycles. The predicted octanol–water partition coefficient (Wildman–Crippen LogP) is 2.53. The Hall–Kier alpha value is -1.24. The summed E-state index contributed by atoms with van der Waals surface area (Å²) >= 11 is 0. The molecular weight excluding hydrogens is 136 g/mol. The number of hydrogen-bond donors (Lipinski definition) is 0. The molecule has 2 rings (SSSR count). The lowest BCUT2D eigenvalue weighted by Crippen LogP contribution is -1.84. The maximum atomic E-state index is 5.52. The Balaban J connectivity index is 2.41. The molecule has 1 aliphatic rings. The van der Waals surface area contributed by atoms with E-state index in [2.05, 4.69) is 6.07 Å². The van der Waals surface area contributed by atoms with Gasteiger partial charge in [0.2, 0.25) is 0 Å². The fourth-order valence-corrected chi connectivity index (χ4v) is 1.28. The first-order valence-corrected chi connectivity index (χ1v) is 3.81. The van der Waals surface area contributed by atoms with Crippen molar-refractivity contribution in [1.82, 2.24) is 0 Å². The summed E-state index contributed by atoms with van der Waals surface area (Å²) in [6, 6.07) is 8.15. The van der Waals surface area contributed by atoms with Crippen molar-refractivity contribution in [2.75, 3.05) is 0 Å². The average Bonchev–Trinajstić information content (AvgIpc) is 2.46. The normalized spacial score (nSPS) is 18.1. The molecule has 0 bridgehead atoms. The van der Waals surface area contributed by atoms with Crippen LogP contribution in [-0.2, 0) is 6.42 Å². The van der Waals surface area contributed by atoms with Crippen molar-refractivity contribution in [2.24, 2.45) is 0 Å². The van der Waals surface area contributed by atoms with E-state index >= 15 is 0 Å². The molecular formula is C10H10O. The molecule has 0 saturated heterocycles. The highest BCUT2D eigenvalue weighted by molar-refractivity contribution is 5.41. The first-order chi connectivity index (χ1) is 5.40. The van der Waals surface area contributed by atoms with Crippen molar-refractivity contribution in [3.63, 3.8) is 0 Å². The van der Waals surface area contributed by atoms with Gasteiger partial charge in [0, 0.05) is 12.0 Å². The van der Waals surface area contributed by atoms with Crippen molar-refractivity contribution < 1.29 is 4.74 Å². The van der Waals surface area contributed by atoms with Crippen LogP contribution in [0.25, 0.3) is 0 Å². The van der Waals surface area contributed by atoms with Gasteiger partial charge < -0.3 is 4.74 Å². The van der Waals surface area contributed by atoms with E-state index in [0.717, 1.165) is 17.9 Å². The fraction of sp³-hybridized carbons (Fsp3) is 0.200. The number of fused-ring (bicyclic) bond motifs is 1. The van der Waals surface area contributed by atoms with E-state index in [1.54, 1.807) is 0 Å². The van der Waals surface area contributed by atoms with Crippen LogP contribution >= 0.6 is 0 Å². The Morgan fingerprint density at radius 2 is 2.18 bits per heavy atom. The number of benzene rings is 1. The Bertz CT molecular complexity index is 272. The molecule has 0 radical (unpaired) electrons. The van der Waals surface area contributed by atoms with Crippen LogP contribution in [0.1, 0.15) is 12.5 Å². The van der Waals surface area contributed by atoms with E-state index in [0.29, 0.717) is 0 Å². The monoisotopic (exact) mass is 146 g/mol. The lowest BCUT2D eigenvalue weighted by molar-refractivity contribution is 0.445. The van der Waals surface area contributed by atoms with Crippen LogP contribution in [0.3, 0.4) is 0 Å². The predicted molar refractivity (Wildman–Crippen MR) is 44.5 cm³/mol. The van der Waals surface area contributed by atoms with Crippen LogP contribution in [-0.4, -0.2) is 0 Å². The fourth-order valence-electron chi connectivity index (χ4n) is 1.28. The third kappa shape index (κ3) is 1.03. The van der Waals surface area contributed by atoms with Gasteiger partial charge in [0.05, 0.1) is 0 Å². The summed E-state index contributed by atoms with van der Waals surface area (Å²) < 4.78 is 5.52. The van der Waals surface area contributed by atoms with Crippen LogP contribution < -0.4 is 4.74 Å². The summed E-state index contributed by atoms with van der Waals surface area (Å²) in [6.07, 6.45) is 2.96. The molecule has 11 heavy (non-hydrogen) atoms. The van der Waals surface area contributed by atoms with E-state index in [1.807, 2.05) is 31.2 Å². The van der Waals surface area contributed by atoms with Gasteiger partial charge in [-0.15, -0.1) is 0 Å². The molecule has 1 aliphatic heterocycles. The number of allylic oxidation sites excluding steroid dienone is 2. The molecule has 0 spiro atoms. The minimum atomic E-state index is 0.951. The molecule has 56 valence electrons. The van der Waals surface area contributed by atoms with E-state index in [4.69, 9.17) is 4.74 Å². The SMILES string of the molecule is CC=C1Cc2ccccc2O1. The Morgan fingerprint density at radius 1 is 1.36 bits per heavy atom. The molecule has 0 amide bonds. The third-order valence-corrected chi connectivity index (χ3v) is 1.90. The zero-order valence-corrected chi connectivity index (χ0v) is 6.50. The maximum Gasteiger partial charge on any atom is 0.130 e. The Labute approximate surface area is 66.3 Å². The lowest BCUT2D eigenvalue weighted by atomic mass is 10.1. The van der Waals surface area contributed by atoms with E-state index in [1.165, 1.54) is 5.56 Å². The second-order valence-electron chi connectivity index (χ2n) is 2.64. The van der Waals surface area contributed by atoms with E-state index < -0.39 is 0 Å². The smallest absolute Gasteiger partial charge is 0.130 e. The molecule has 1 aromatic rings. The molecule has 1 aromatic carbocycles. The van der Waals surface area contributed by atoms with Crippen molar-refractivity contribution in [2.45, 2.75) is 13.3 Å².